The molecule has 0 rings (SSSR count). The number of carboxylic acid groups (broad SMARTS) is 2. The summed E-state index contributed by atoms with van der Waals surface area (Å²) in [7, 11) is 0. The van der Waals surface area contributed by atoms with E-state index in [1.165, 1.54) is 13.8 Å². The molecule has 0 spiro atoms. The van der Waals surface area contributed by atoms with Gasteiger partial charge in [-0.15, -0.1) is 0 Å². The van der Waals surface area contributed by atoms with E-state index in [1.807, 2.05) is 0 Å². The number of hydrogen-bond acceptors (Lipinski definition) is 4. The van der Waals surface area contributed by atoms with Crippen LogP contribution in [0.5, 0.6) is 0 Å². The maximum atomic E-state index is 10.1. The minimum absolute atomic E-state index is 0. The minimum atomic E-state index is -0.916. The Balaban J connectivity index is -0.000000218. The van der Waals surface area contributed by atoms with E-state index >= 15 is 0 Å². The normalized spacial score (nSPS) is 8.12. The molecule has 0 unspecified atom stereocenters. The maximum absolute atomic E-state index is 10.1. The number of carboxylic acids is 2. The van der Waals surface area contributed by atoms with Crippen LogP contribution in [0.1, 0.15) is 39.5 Å². The van der Waals surface area contributed by atoms with Crippen LogP contribution >= 0.6 is 0 Å². The van der Waals surface area contributed by atoms with Crippen LogP contribution in [0.3, 0.4) is 0 Å². The average Bonchev–Trinajstić information content (AvgIpc) is 2.12. The number of carbonyl (C=O) groups excluding carboxylic acids is 2. The Kier molecular flexibility index (Phi) is 15.9. The van der Waals surface area contributed by atoms with Crippen molar-refractivity contribution < 1.29 is 45.9 Å². The molecule has 0 aromatic rings. The molecule has 0 aromatic carbocycles. The molecule has 0 saturated carbocycles. The van der Waals surface area contributed by atoms with Crippen molar-refractivity contribution in [2.45, 2.75) is 39.5 Å². The topological polar surface area (TPSA) is 109 Å². The van der Waals surface area contributed by atoms with Crippen LogP contribution in [-0.4, -0.2) is 33.7 Å². The summed E-state index contributed by atoms with van der Waals surface area (Å²) < 4.78 is 0. The Bertz CT molecular complexity index is 218. The SMILES string of the molecule is CC(=O)CCC(=O)O.CC(=O)CCC(=O)O.[Ni]. The van der Waals surface area contributed by atoms with Crippen molar-refractivity contribution >= 4 is 23.5 Å². The molecule has 0 aliphatic carbocycles. The standard InChI is InChI=1S/2C5H8O3.Ni/c2*1-4(6)2-3-5(7)8;/h2*2-3H2,1H3,(H,7,8);. The van der Waals surface area contributed by atoms with Gasteiger partial charge in [-0.1, -0.05) is 0 Å². The minimum Gasteiger partial charge on any atom is -0.481 e. The zero-order valence-corrected chi connectivity index (χ0v) is 10.7. The maximum Gasteiger partial charge on any atom is 0.303 e. The molecule has 0 atom stereocenters. The Morgan fingerprint density at radius 1 is 0.706 bits per heavy atom. The van der Waals surface area contributed by atoms with Gasteiger partial charge in [0.15, 0.2) is 0 Å². The zero-order chi connectivity index (χ0) is 13.1. The van der Waals surface area contributed by atoms with Crippen LogP contribution in [-0.2, 0) is 35.7 Å². The number of ketones is 2. The van der Waals surface area contributed by atoms with E-state index in [1.54, 1.807) is 0 Å². The summed E-state index contributed by atoms with van der Waals surface area (Å²) in [6, 6.07) is 0. The molecule has 0 amide bonds. The van der Waals surface area contributed by atoms with Crippen LogP contribution in [0.4, 0.5) is 0 Å². The van der Waals surface area contributed by atoms with Gasteiger partial charge in [-0.05, 0) is 13.8 Å². The summed E-state index contributed by atoms with van der Waals surface area (Å²) in [6.45, 7) is 2.76. The molecule has 0 bridgehead atoms. The molecule has 0 radical (unpaired) electrons. The van der Waals surface area contributed by atoms with Gasteiger partial charge in [-0.25, -0.2) is 0 Å². The van der Waals surface area contributed by atoms with Gasteiger partial charge in [0.05, 0.1) is 12.8 Å². The van der Waals surface area contributed by atoms with Crippen LogP contribution < -0.4 is 0 Å². The molecule has 0 saturated heterocycles. The predicted molar refractivity (Wildman–Crippen MR) is 55.1 cm³/mol. The third-order valence-electron chi connectivity index (χ3n) is 1.38. The van der Waals surface area contributed by atoms with E-state index in [9.17, 15) is 19.2 Å². The van der Waals surface area contributed by atoms with Crippen LogP contribution in [0, 0.1) is 0 Å². The monoisotopic (exact) mass is 290 g/mol. The van der Waals surface area contributed by atoms with Crippen molar-refractivity contribution in [2.24, 2.45) is 0 Å². The van der Waals surface area contributed by atoms with Gasteiger partial charge < -0.3 is 19.8 Å². The smallest absolute Gasteiger partial charge is 0.303 e. The first-order chi connectivity index (χ1) is 7.25. The molecule has 0 fully saturated rings. The number of hydrogen-bond donors (Lipinski definition) is 2. The number of carbonyl (C=O) groups is 4. The average molecular weight is 291 g/mol. The molecule has 17 heavy (non-hydrogen) atoms. The van der Waals surface area contributed by atoms with E-state index in [0.717, 1.165) is 0 Å². The van der Waals surface area contributed by atoms with Crippen molar-refractivity contribution in [3.63, 3.8) is 0 Å². The van der Waals surface area contributed by atoms with Crippen LogP contribution in [0.15, 0.2) is 0 Å². The fourth-order valence-corrected chi connectivity index (χ4v) is 0.566. The molecule has 0 aromatic heterocycles. The van der Waals surface area contributed by atoms with Gasteiger partial charge in [0.2, 0.25) is 0 Å². The van der Waals surface area contributed by atoms with Crippen molar-refractivity contribution in [2.75, 3.05) is 0 Å². The largest absolute Gasteiger partial charge is 0.481 e. The van der Waals surface area contributed by atoms with Gasteiger partial charge in [0.25, 0.3) is 0 Å². The van der Waals surface area contributed by atoms with E-state index < -0.39 is 11.9 Å². The fourth-order valence-electron chi connectivity index (χ4n) is 0.566. The number of aliphatic carboxylic acids is 2. The summed E-state index contributed by atoms with van der Waals surface area (Å²) in [4.78, 5) is 39.7. The van der Waals surface area contributed by atoms with E-state index in [2.05, 4.69) is 0 Å². The van der Waals surface area contributed by atoms with Crippen molar-refractivity contribution in [1.29, 1.82) is 0 Å². The second-order valence-corrected chi connectivity index (χ2v) is 3.19. The molecule has 2 N–H and O–H groups in total. The Labute approximate surface area is 109 Å². The van der Waals surface area contributed by atoms with Crippen molar-refractivity contribution in [3.05, 3.63) is 0 Å². The van der Waals surface area contributed by atoms with E-state index in [0.29, 0.717) is 0 Å². The third kappa shape index (κ3) is 31.3. The van der Waals surface area contributed by atoms with Gasteiger partial charge in [0, 0.05) is 29.3 Å². The van der Waals surface area contributed by atoms with Gasteiger partial charge >= 0.3 is 11.9 Å². The molecule has 0 heterocycles. The summed E-state index contributed by atoms with van der Waals surface area (Å²) in [5.74, 6) is -1.99. The van der Waals surface area contributed by atoms with E-state index in [4.69, 9.17) is 10.2 Å². The van der Waals surface area contributed by atoms with Crippen molar-refractivity contribution in [3.8, 4) is 0 Å². The van der Waals surface area contributed by atoms with E-state index in [-0.39, 0.29) is 53.7 Å². The molecule has 102 valence electrons. The molecule has 0 aliphatic heterocycles. The Morgan fingerprint density at radius 3 is 1.00 bits per heavy atom. The first-order valence-corrected chi connectivity index (χ1v) is 4.68. The molecular weight excluding hydrogens is 275 g/mol. The summed E-state index contributed by atoms with van der Waals surface area (Å²) in [5.41, 5.74) is 0. The second kappa shape index (κ2) is 12.8. The van der Waals surface area contributed by atoms with Crippen LogP contribution in [0.2, 0.25) is 0 Å². The van der Waals surface area contributed by atoms with Crippen molar-refractivity contribution in [1.82, 2.24) is 0 Å². The van der Waals surface area contributed by atoms with Gasteiger partial charge in [0.1, 0.15) is 11.6 Å². The Hall–Kier alpha value is -1.23. The first kappa shape index (κ1) is 21.1. The molecular formula is C10H16NiO6. The number of Topliss-reactive ketones (excluding diaryl/α,β-unsaturated/α-hetero) is 2. The molecule has 6 nitrogen and oxygen atoms in total. The molecule has 0 aliphatic rings. The predicted octanol–water partition coefficient (Wildman–Crippen LogP) is 0.878. The van der Waals surface area contributed by atoms with Gasteiger partial charge in [-0.3, -0.25) is 9.59 Å². The first-order valence-electron chi connectivity index (χ1n) is 4.68. The summed E-state index contributed by atoms with van der Waals surface area (Å²) >= 11 is 0. The quantitative estimate of drug-likeness (QED) is 0.703. The summed E-state index contributed by atoms with van der Waals surface area (Å²) in [5, 5.41) is 16.0. The second-order valence-electron chi connectivity index (χ2n) is 3.19. The summed E-state index contributed by atoms with van der Waals surface area (Å²) in [6.07, 6.45) is 0.204. The fraction of sp³-hybridized carbons (Fsp3) is 0.600. The zero-order valence-electron chi connectivity index (χ0n) is 9.67. The van der Waals surface area contributed by atoms with Gasteiger partial charge in [-0.2, -0.15) is 0 Å². The number of rotatable bonds is 6. The van der Waals surface area contributed by atoms with Crippen LogP contribution in [0.25, 0.3) is 0 Å². The Morgan fingerprint density at radius 2 is 0.941 bits per heavy atom. The third-order valence-corrected chi connectivity index (χ3v) is 1.38. The molecule has 7 heteroatoms.